The first-order valence-corrected chi connectivity index (χ1v) is 8.48. The molecule has 2 aromatic carbocycles. The van der Waals surface area contributed by atoms with Crippen LogP contribution in [-0.2, 0) is 0 Å². The molecule has 1 aromatic heterocycles. The first-order valence-electron chi connectivity index (χ1n) is 8.48. The van der Waals surface area contributed by atoms with Gasteiger partial charge in [-0.2, -0.15) is 0 Å². The van der Waals surface area contributed by atoms with Gasteiger partial charge in [-0.25, -0.2) is 4.39 Å². The molecule has 0 saturated carbocycles. The summed E-state index contributed by atoms with van der Waals surface area (Å²) in [6.45, 7) is 0.397. The van der Waals surface area contributed by atoms with Crippen molar-refractivity contribution in [1.82, 2.24) is 14.8 Å². The van der Waals surface area contributed by atoms with Crippen molar-refractivity contribution in [1.29, 1.82) is 0 Å². The van der Waals surface area contributed by atoms with E-state index in [0.29, 0.717) is 12.1 Å². The summed E-state index contributed by atoms with van der Waals surface area (Å²) in [6.07, 6.45) is 3.91. The second-order valence-corrected chi connectivity index (χ2v) is 6.38. The van der Waals surface area contributed by atoms with Crippen LogP contribution in [0.25, 0.3) is 5.69 Å². The molecule has 1 N–H and O–H groups in total. The molecule has 3 aromatic rings. The van der Waals surface area contributed by atoms with Gasteiger partial charge in [0.05, 0.1) is 6.04 Å². The van der Waals surface area contributed by atoms with Crippen LogP contribution in [-0.4, -0.2) is 36.0 Å². The summed E-state index contributed by atoms with van der Waals surface area (Å²) in [4.78, 5) is 14.4. The Morgan fingerprint density at radius 1 is 1.08 bits per heavy atom. The molecule has 1 amide bonds. The van der Waals surface area contributed by atoms with Crippen molar-refractivity contribution in [2.24, 2.45) is 0 Å². The Morgan fingerprint density at radius 3 is 2.38 bits per heavy atom. The van der Waals surface area contributed by atoms with Gasteiger partial charge in [-0.1, -0.05) is 12.1 Å². The maximum atomic E-state index is 13.5. The van der Waals surface area contributed by atoms with Crippen LogP contribution in [0.1, 0.15) is 22.0 Å². The lowest BCUT2D eigenvalue weighted by Gasteiger charge is -2.25. The highest BCUT2D eigenvalue weighted by Gasteiger charge is 2.16. The van der Waals surface area contributed by atoms with Gasteiger partial charge >= 0.3 is 0 Å². The Kier molecular flexibility index (Phi) is 5.49. The molecule has 3 rings (SSSR count). The van der Waals surface area contributed by atoms with E-state index >= 15 is 0 Å². The van der Waals surface area contributed by atoms with Crippen molar-refractivity contribution in [3.63, 3.8) is 0 Å². The second-order valence-electron chi connectivity index (χ2n) is 6.38. The van der Waals surface area contributed by atoms with E-state index in [-0.39, 0.29) is 17.8 Å². The molecule has 5 heteroatoms. The Balaban J connectivity index is 1.67. The minimum absolute atomic E-state index is 0.103. The molecule has 1 heterocycles. The van der Waals surface area contributed by atoms with E-state index < -0.39 is 0 Å². The van der Waals surface area contributed by atoms with Crippen LogP contribution in [0.2, 0.25) is 0 Å². The lowest BCUT2D eigenvalue weighted by molar-refractivity contribution is 0.0942. The molecule has 0 radical (unpaired) electrons. The molecule has 0 saturated heterocycles. The van der Waals surface area contributed by atoms with Gasteiger partial charge in [0.2, 0.25) is 0 Å². The number of carbonyl (C=O) groups excluding carboxylic acids is 1. The van der Waals surface area contributed by atoms with E-state index in [1.165, 1.54) is 12.1 Å². The maximum absolute atomic E-state index is 13.5. The number of hydrogen-bond acceptors (Lipinski definition) is 2. The molecular formula is C21H22FN3O. The van der Waals surface area contributed by atoms with Crippen molar-refractivity contribution >= 4 is 5.91 Å². The van der Waals surface area contributed by atoms with Crippen LogP contribution >= 0.6 is 0 Å². The number of amides is 1. The lowest BCUT2D eigenvalue weighted by atomic mass is 10.1. The zero-order valence-electron chi connectivity index (χ0n) is 14.9. The van der Waals surface area contributed by atoms with Gasteiger partial charge in [0.15, 0.2) is 0 Å². The van der Waals surface area contributed by atoms with Crippen LogP contribution in [0.3, 0.4) is 0 Å². The monoisotopic (exact) mass is 351 g/mol. The second kappa shape index (κ2) is 7.97. The third-order valence-corrected chi connectivity index (χ3v) is 4.34. The fourth-order valence-electron chi connectivity index (χ4n) is 2.90. The van der Waals surface area contributed by atoms with Crippen LogP contribution in [0.4, 0.5) is 4.39 Å². The SMILES string of the molecule is CN(C)[C@@H](CNC(=O)c1ccc(-n2cccc2)cc1)c1cccc(F)c1. The standard InChI is InChI=1S/C21H22FN3O/c1-24(2)20(17-6-5-7-18(22)14-17)15-23-21(26)16-8-10-19(11-9-16)25-12-3-4-13-25/h3-14,20H,15H2,1-2H3,(H,23,26)/t20-/m0/s1. The maximum Gasteiger partial charge on any atom is 0.251 e. The van der Waals surface area contributed by atoms with Gasteiger partial charge in [-0.15, -0.1) is 0 Å². The first-order chi connectivity index (χ1) is 12.5. The summed E-state index contributed by atoms with van der Waals surface area (Å²) >= 11 is 0. The topological polar surface area (TPSA) is 37.3 Å². The van der Waals surface area contributed by atoms with Gasteiger partial charge in [0.1, 0.15) is 5.82 Å². The molecule has 1 atom stereocenters. The zero-order valence-corrected chi connectivity index (χ0v) is 14.9. The van der Waals surface area contributed by atoms with E-state index in [9.17, 15) is 9.18 Å². The van der Waals surface area contributed by atoms with E-state index in [0.717, 1.165) is 11.3 Å². The molecular weight excluding hydrogens is 329 g/mol. The third kappa shape index (κ3) is 4.18. The van der Waals surface area contributed by atoms with Crippen LogP contribution < -0.4 is 5.32 Å². The number of rotatable bonds is 6. The number of benzene rings is 2. The molecule has 0 bridgehead atoms. The summed E-state index contributed by atoms with van der Waals surface area (Å²) in [7, 11) is 3.82. The van der Waals surface area contributed by atoms with E-state index in [1.807, 2.05) is 66.3 Å². The summed E-state index contributed by atoms with van der Waals surface area (Å²) < 4.78 is 15.5. The molecule has 0 aliphatic carbocycles. The summed E-state index contributed by atoms with van der Waals surface area (Å²) in [5.74, 6) is -0.423. The Hall–Kier alpha value is -2.92. The average Bonchev–Trinajstić information content (AvgIpc) is 3.16. The van der Waals surface area contributed by atoms with Crippen LogP contribution in [0.5, 0.6) is 0 Å². The predicted octanol–water partition coefficient (Wildman–Crippen LogP) is 3.65. The van der Waals surface area contributed by atoms with Gasteiger partial charge in [0.25, 0.3) is 5.91 Å². The van der Waals surface area contributed by atoms with Crippen molar-refractivity contribution in [2.75, 3.05) is 20.6 Å². The third-order valence-electron chi connectivity index (χ3n) is 4.34. The van der Waals surface area contributed by atoms with E-state index in [1.54, 1.807) is 18.2 Å². The highest BCUT2D eigenvalue weighted by molar-refractivity contribution is 5.94. The quantitative estimate of drug-likeness (QED) is 0.736. The smallest absolute Gasteiger partial charge is 0.251 e. The molecule has 0 aliphatic rings. The van der Waals surface area contributed by atoms with Crippen molar-refractivity contribution < 1.29 is 9.18 Å². The minimum atomic E-state index is -0.277. The molecule has 26 heavy (non-hydrogen) atoms. The average molecular weight is 351 g/mol. The predicted molar refractivity (Wildman–Crippen MR) is 101 cm³/mol. The number of carbonyl (C=O) groups is 1. The summed E-state index contributed by atoms with van der Waals surface area (Å²) in [5.41, 5.74) is 2.42. The van der Waals surface area contributed by atoms with Crippen LogP contribution in [0, 0.1) is 5.82 Å². The first kappa shape index (κ1) is 17.9. The molecule has 0 unspecified atom stereocenters. The number of aromatic nitrogens is 1. The van der Waals surface area contributed by atoms with Crippen molar-refractivity contribution in [3.05, 3.63) is 90.0 Å². The van der Waals surface area contributed by atoms with E-state index in [2.05, 4.69) is 5.32 Å². The Bertz CT molecular complexity index is 857. The number of likely N-dealkylation sites (N-methyl/N-ethyl adjacent to an activating group) is 1. The van der Waals surface area contributed by atoms with Gasteiger partial charge in [0, 0.05) is 30.2 Å². The zero-order chi connectivity index (χ0) is 18.5. The fraction of sp³-hybridized carbons (Fsp3) is 0.190. The number of hydrogen-bond donors (Lipinski definition) is 1. The Morgan fingerprint density at radius 2 is 1.77 bits per heavy atom. The van der Waals surface area contributed by atoms with Crippen molar-refractivity contribution in [2.45, 2.75) is 6.04 Å². The minimum Gasteiger partial charge on any atom is -0.350 e. The summed E-state index contributed by atoms with van der Waals surface area (Å²) in [5, 5.41) is 2.94. The molecule has 0 aliphatic heterocycles. The highest BCUT2D eigenvalue weighted by Crippen LogP contribution is 2.18. The van der Waals surface area contributed by atoms with Gasteiger partial charge in [-0.05, 0) is 68.2 Å². The molecule has 0 spiro atoms. The highest BCUT2D eigenvalue weighted by atomic mass is 19.1. The molecule has 134 valence electrons. The van der Waals surface area contributed by atoms with Gasteiger partial charge in [-0.3, -0.25) is 4.79 Å². The fourth-order valence-corrected chi connectivity index (χ4v) is 2.90. The number of nitrogens with one attached hydrogen (secondary N) is 1. The molecule has 0 fully saturated rings. The lowest BCUT2D eigenvalue weighted by Crippen LogP contribution is -2.34. The summed E-state index contributed by atoms with van der Waals surface area (Å²) in [6, 6.07) is 17.7. The number of halogens is 1. The van der Waals surface area contributed by atoms with E-state index in [4.69, 9.17) is 0 Å². The van der Waals surface area contributed by atoms with Crippen LogP contribution in [0.15, 0.2) is 73.1 Å². The normalized spacial score (nSPS) is 12.2. The molecule has 4 nitrogen and oxygen atoms in total. The number of nitrogens with zero attached hydrogens (tertiary/aromatic N) is 2. The largest absolute Gasteiger partial charge is 0.350 e. The Labute approximate surface area is 152 Å². The van der Waals surface area contributed by atoms with Gasteiger partial charge < -0.3 is 14.8 Å². The van der Waals surface area contributed by atoms with Crippen molar-refractivity contribution in [3.8, 4) is 5.69 Å².